The van der Waals surface area contributed by atoms with E-state index in [1.54, 1.807) is 6.07 Å². The molecular weight excluding hydrogens is 410 g/mol. The molecule has 8 heteroatoms. The third-order valence-corrected chi connectivity index (χ3v) is 7.07. The van der Waals surface area contributed by atoms with E-state index in [0.29, 0.717) is 11.3 Å². The molecule has 1 aromatic rings. The first-order chi connectivity index (χ1) is 14.7. The molecule has 0 atom stereocenters. The Labute approximate surface area is 190 Å². The summed E-state index contributed by atoms with van der Waals surface area (Å²) in [6, 6.07) is 5.32. The van der Waals surface area contributed by atoms with Gasteiger partial charge in [-0.2, -0.15) is 11.8 Å². The van der Waals surface area contributed by atoms with Crippen molar-refractivity contribution in [1.82, 2.24) is 20.0 Å². The molecule has 2 saturated heterocycles. The van der Waals surface area contributed by atoms with Gasteiger partial charge in [0.2, 0.25) is 0 Å². The maximum atomic E-state index is 12.8. The Kier molecular flexibility index (Phi) is 8.24. The summed E-state index contributed by atoms with van der Waals surface area (Å²) in [5.74, 6) is 2.00. The predicted octanol–water partition coefficient (Wildman–Crippen LogP) is 2.72. The second-order valence-corrected chi connectivity index (χ2v) is 10.5. The molecule has 0 spiro atoms. The highest BCUT2D eigenvalue weighted by molar-refractivity contribution is 7.99. The van der Waals surface area contributed by atoms with Crippen molar-refractivity contribution in [3.63, 3.8) is 0 Å². The lowest BCUT2D eigenvalue weighted by Crippen LogP contribution is -2.50. The van der Waals surface area contributed by atoms with Crippen molar-refractivity contribution in [2.75, 3.05) is 69.7 Å². The Bertz CT molecular complexity index is 771. The standard InChI is InChI=1S/C23H37N5O2S/c1-18-5-6-19(21(29)28-13-15-31-16-14-28)17-20(18)24-22(30)25-23(2,3)7-8-27-11-9-26(4)10-12-27/h5-6,17H,7-16H2,1-4H3,(H2,24,25,30). The van der Waals surface area contributed by atoms with Crippen LogP contribution in [-0.2, 0) is 0 Å². The number of carbonyl (C=O) groups is 2. The van der Waals surface area contributed by atoms with Gasteiger partial charge in [0, 0.05) is 74.1 Å². The van der Waals surface area contributed by atoms with Crippen LogP contribution in [0.4, 0.5) is 10.5 Å². The number of thioether (sulfide) groups is 1. The summed E-state index contributed by atoms with van der Waals surface area (Å²) in [4.78, 5) is 32.2. The molecule has 172 valence electrons. The minimum absolute atomic E-state index is 0.0382. The number of likely N-dealkylation sites (N-methyl/N-ethyl adjacent to an activating group) is 1. The fourth-order valence-electron chi connectivity index (χ4n) is 3.87. The number of urea groups is 1. The third-order valence-electron chi connectivity index (χ3n) is 6.13. The zero-order valence-corrected chi connectivity index (χ0v) is 20.2. The number of benzene rings is 1. The Hall–Kier alpha value is -1.77. The van der Waals surface area contributed by atoms with Gasteiger partial charge in [-0.25, -0.2) is 4.79 Å². The second kappa shape index (κ2) is 10.7. The van der Waals surface area contributed by atoms with Crippen LogP contribution >= 0.6 is 11.8 Å². The zero-order valence-electron chi connectivity index (χ0n) is 19.4. The van der Waals surface area contributed by atoms with Gasteiger partial charge < -0.3 is 25.3 Å². The van der Waals surface area contributed by atoms with Gasteiger partial charge in [0.05, 0.1) is 0 Å². The lowest BCUT2D eigenvalue weighted by Gasteiger charge is -2.35. The largest absolute Gasteiger partial charge is 0.337 e. The van der Waals surface area contributed by atoms with Crippen LogP contribution in [0.25, 0.3) is 0 Å². The Morgan fingerprint density at radius 3 is 2.42 bits per heavy atom. The topological polar surface area (TPSA) is 67.9 Å². The molecule has 2 fully saturated rings. The summed E-state index contributed by atoms with van der Waals surface area (Å²) in [5, 5.41) is 6.07. The van der Waals surface area contributed by atoms with Gasteiger partial charge in [-0.15, -0.1) is 0 Å². The van der Waals surface area contributed by atoms with Crippen molar-refractivity contribution in [3.8, 4) is 0 Å². The molecule has 2 heterocycles. The van der Waals surface area contributed by atoms with E-state index in [4.69, 9.17) is 0 Å². The molecule has 2 aliphatic heterocycles. The highest BCUT2D eigenvalue weighted by Crippen LogP contribution is 2.20. The number of piperazine rings is 1. The fraction of sp³-hybridized carbons (Fsp3) is 0.652. The molecule has 3 amide bonds. The van der Waals surface area contributed by atoms with Crippen LogP contribution in [0, 0.1) is 6.92 Å². The Morgan fingerprint density at radius 2 is 1.74 bits per heavy atom. The van der Waals surface area contributed by atoms with E-state index < -0.39 is 0 Å². The molecule has 0 aliphatic carbocycles. The zero-order chi connectivity index (χ0) is 22.4. The Balaban J connectivity index is 1.54. The van der Waals surface area contributed by atoms with E-state index >= 15 is 0 Å². The molecule has 2 N–H and O–H groups in total. The first-order valence-electron chi connectivity index (χ1n) is 11.2. The van der Waals surface area contributed by atoms with E-state index in [1.165, 1.54) is 0 Å². The van der Waals surface area contributed by atoms with Crippen molar-refractivity contribution in [2.45, 2.75) is 32.7 Å². The highest BCUT2D eigenvalue weighted by Gasteiger charge is 2.24. The number of aryl methyl sites for hydroxylation is 1. The van der Waals surface area contributed by atoms with E-state index in [1.807, 2.05) is 35.7 Å². The number of anilines is 1. The van der Waals surface area contributed by atoms with Gasteiger partial charge in [0.1, 0.15) is 0 Å². The number of hydrogen-bond donors (Lipinski definition) is 2. The van der Waals surface area contributed by atoms with Crippen LogP contribution in [0.3, 0.4) is 0 Å². The number of nitrogens with one attached hydrogen (secondary N) is 2. The van der Waals surface area contributed by atoms with Crippen LogP contribution in [-0.4, -0.2) is 96.5 Å². The summed E-state index contributed by atoms with van der Waals surface area (Å²) >= 11 is 1.88. The molecule has 0 bridgehead atoms. The van der Waals surface area contributed by atoms with E-state index in [-0.39, 0.29) is 17.5 Å². The van der Waals surface area contributed by atoms with Crippen LogP contribution in [0.15, 0.2) is 18.2 Å². The van der Waals surface area contributed by atoms with Gasteiger partial charge >= 0.3 is 6.03 Å². The Morgan fingerprint density at radius 1 is 1.06 bits per heavy atom. The molecule has 0 saturated carbocycles. The van der Waals surface area contributed by atoms with Crippen molar-refractivity contribution in [3.05, 3.63) is 29.3 Å². The predicted molar refractivity (Wildman–Crippen MR) is 129 cm³/mol. The van der Waals surface area contributed by atoms with Gasteiger partial charge in [-0.3, -0.25) is 4.79 Å². The fourth-order valence-corrected chi connectivity index (χ4v) is 4.77. The normalized spacial score (nSPS) is 18.6. The van der Waals surface area contributed by atoms with Crippen molar-refractivity contribution in [2.24, 2.45) is 0 Å². The molecule has 7 nitrogen and oxygen atoms in total. The average molecular weight is 448 g/mol. The minimum atomic E-state index is -0.319. The first kappa shape index (κ1) is 23.9. The van der Waals surface area contributed by atoms with Crippen LogP contribution in [0.1, 0.15) is 36.2 Å². The molecule has 2 aliphatic rings. The van der Waals surface area contributed by atoms with Crippen molar-refractivity contribution in [1.29, 1.82) is 0 Å². The maximum absolute atomic E-state index is 12.8. The lowest BCUT2D eigenvalue weighted by molar-refractivity contribution is 0.0772. The SMILES string of the molecule is Cc1ccc(C(=O)N2CCSCC2)cc1NC(=O)NC(C)(C)CCN1CCN(C)CC1. The number of nitrogens with zero attached hydrogens (tertiary/aromatic N) is 3. The van der Waals surface area contributed by atoms with Crippen LogP contribution in [0.5, 0.6) is 0 Å². The van der Waals surface area contributed by atoms with Crippen molar-refractivity contribution >= 4 is 29.4 Å². The molecule has 31 heavy (non-hydrogen) atoms. The van der Waals surface area contributed by atoms with Gasteiger partial charge in [-0.05, 0) is 51.9 Å². The quantitative estimate of drug-likeness (QED) is 0.702. The molecule has 3 rings (SSSR count). The smallest absolute Gasteiger partial charge is 0.319 e. The van der Waals surface area contributed by atoms with Gasteiger partial charge in [0.25, 0.3) is 5.91 Å². The third kappa shape index (κ3) is 7.12. The maximum Gasteiger partial charge on any atom is 0.319 e. The summed E-state index contributed by atoms with van der Waals surface area (Å²) in [7, 11) is 2.16. The number of hydrogen-bond acceptors (Lipinski definition) is 5. The lowest BCUT2D eigenvalue weighted by atomic mass is 10.0. The highest BCUT2D eigenvalue weighted by atomic mass is 32.2. The van der Waals surface area contributed by atoms with E-state index in [9.17, 15) is 9.59 Å². The summed E-state index contributed by atoms with van der Waals surface area (Å²) in [5.41, 5.74) is 1.93. The number of carbonyl (C=O) groups excluding carboxylic acids is 2. The van der Waals surface area contributed by atoms with E-state index in [0.717, 1.165) is 69.3 Å². The number of amides is 3. The van der Waals surface area contributed by atoms with Gasteiger partial charge in [-0.1, -0.05) is 6.07 Å². The monoisotopic (exact) mass is 447 g/mol. The number of rotatable bonds is 6. The van der Waals surface area contributed by atoms with Crippen LogP contribution < -0.4 is 10.6 Å². The van der Waals surface area contributed by atoms with Crippen molar-refractivity contribution < 1.29 is 9.59 Å². The molecule has 1 aromatic carbocycles. The molecule has 0 aromatic heterocycles. The summed E-state index contributed by atoms with van der Waals surface area (Å²) in [6.07, 6.45) is 0.884. The van der Waals surface area contributed by atoms with E-state index in [2.05, 4.69) is 41.3 Å². The summed E-state index contributed by atoms with van der Waals surface area (Å²) < 4.78 is 0. The second-order valence-electron chi connectivity index (χ2n) is 9.29. The molecule has 0 radical (unpaired) electrons. The molecule has 0 unspecified atom stereocenters. The first-order valence-corrected chi connectivity index (χ1v) is 12.4. The molecular formula is C23H37N5O2S. The minimum Gasteiger partial charge on any atom is -0.337 e. The van der Waals surface area contributed by atoms with Crippen LogP contribution in [0.2, 0.25) is 0 Å². The average Bonchev–Trinajstić information content (AvgIpc) is 2.74. The summed E-state index contributed by atoms with van der Waals surface area (Å²) in [6.45, 7) is 12.9. The van der Waals surface area contributed by atoms with Gasteiger partial charge in [0.15, 0.2) is 0 Å².